The van der Waals surface area contributed by atoms with Crippen LogP contribution in [0, 0.1) is 0 Å². The number of benzene rings is 18. The zero-order chi connectivity index (χ0) is 74.0. The third-order valence-electron chi connectivity index (χ3n) is 22.6. The van der Waals surface area contributed by atoms with Crippen molar-refractivity contribution in [2.24, 2.45) is 0 Å². The Balaban J connectivity index is 0.000000141. The highest BCUT2D eigenvalue weighted by Gasteiger charge is 2.23. The van der Waals surface area contributed by atoms with Crippen molar-refractivity contribution in [1.82, 2.24) is 18.3 Å². The van der Waals surface area contributed by atoms with Crippen LogP contribution in [0.5, 0.6) is 0 Å². The van der Waals surface area contributed by atoms with Crippen LogP contribution in [-0.4, -0.2) is 18.3 Å². The lowest BCUT2D eigenvalue weighted by molar-refractivity contribution is 1.18. The van der Waals surface area contributed by atoms with Gasteiger partial charge in [0.15, 0.2) is 0 Å². The lowest BCUT2D eigenvalue weighted by Gasteiger charge is -2.14. The molecule has 0 bridgehead atoms. The molecule has 4 nitrogen and oxygen atoms in total. The predicted molar refractivity (Wildman–Crippen MR) is 474 cm³/mol. The molecule has 0 atom stereocenters. The second kappa shape index (κ2) is 27.7. The van der Waals surface area contributed by atoms with Gasteiger partial charge < -0.3 is 18.3 Å². The first-order valence-corrected chi connectivity index (χ1v) is 38.5. The Morgan fingerprint density at radius 2 is 0.375 bits per heavy atom. The first-order valence-electron chi connectivity index (χ1n) is 38.5. The third kappa shape index (κ3) is 11.4. The van der Waals surface area contributed by atoms with E-state index in [0.717, 1.165) is 22.7 Å². The highest BCUT2D eigenvalue weighted by Crippen LogP contribution is 2.46. The van der Waals surface area contributed by atoms with Crippen molar-refractivity contribution in [3.63, 3.8) is 0 Å². The molecule has 0 saturated heterocycles. The summed E-state index contributed by atoms with van der Waals surface area (Å²) in [6.07, 6.45) is 0. The number of hydrogen-bond donors (Lipinski definition) is 0. The van der Waals surface area contributed by atoms with E-state index in [-0.39, 0.29) is 0 Å². The number of para-hydroxylation sites is 4. The molecule has 0 fully saturated rings. The molecule has 18 aromatic carbocycles. The third-order valence-corrected chi connectivity index (χ3v) is 22.6. The van der Waals surface area contributed by atoms with Crippen LogP contribution in [0.2, 0.25) is 0 Å². The molecule has 22 rings (SSSR count). The Labute approximate surface area is 649 Å². The molecule has 4 heterocycles. The van der Waals surface area contributed by atoms with E-state index in [1.807, 2.05) is 0 Å². The van der Waals surface area contributed by atoms with Gasteiger partial charge in [-0.1, -0.05) is 334 Å². The van der Waals surface area contributed by atoms with Crippen LogP contribution in [-0.2, 0) is 0 Å². The SMILES string of the molecule is c1ccc(-c2cccc(-n3c4ccccc4c4ccc(-c5cccc6c5c5ccccc5n6-c5cc(-c6ccccc6)cc(-c6ccccc6)c5)cc43)c2)cc1.c1ccc(-c2cccc(-n3c4ccccc4c4ccc(-c5cccc6c5c5ccccc5n6-c5cccc(-c6ccccc6-c6ccccc6)c5)cc43)c2)cc1. The molecule has 524 valence electrons. The average molecular weight is 1430 g/mol. The van der Waals surface area contributed by atoms with Crippen molar-refractivity contribution in [2.45, 2.75) is 0 Å². The van der Waals surface area contributed by atoms with Crippen molar-refractivity contribution >= 4 is 87.2 Å². The fourth-order valence-electron chi connectivity index (χ4n) is 17.6. The van der Waals surface area contributed by atoms with E-state index in [1.54, 1.807) is 0 Å². The van der Waals surface area contributed by atoms with Crippen LogP contribution in [0.25, 0.3) is 199 Å². The second-order valence-corrected chi connectivity index (χ2v) is 29.1. The number of rotatable bonds is 12. The Bertz CT molecular complexity index is 7290. The molecule has 0 amide bonds. The zero-order valence-corrected chi connectivity index (χ0v) is 61.4. The van der Waals surface area contributed by atoms with Gasteiger partial charge in [0.1, 0.15) is 0 Å². The van der Waals surface area contributed by atoms with E-state index in [4.69, 9.17) is 0 Å². The molecule has 0 N–H and O–H groups in total. The Kier molecular flexibility index (Phi) is 16.2. The molecule has 0 unspecified atom stereocenters. The van der Waals surface area contributed by atoms with E-state index >= 15 is 0 Å². The Morgan fingerprint density at radius 1 is 0.116 bits per heavy atom. The molecule has 112 heavy (non-hydrogen) atoms. The molecule has 0 spiro atoms. The summed E-state index contributed by atoms with van der Waals surface area (Å²) in [5.74, 6) is 0. The van der Waals surface area contributed by atoms with Gasteiger partial charge in [0.2, 0.25) is 0 Å². The molecule has 0 saturated carbocycles. The summed E-state index contributed by atoms with van der Waals surface area (Å²) in [5, 5.41) is 9.98. The van der Waals surface area contributed by atoms with Crippen molar-refractivity contribution in [1.29, 1.82) is 0 Å². The summed E-state index contributed by atoms with van der Waals surface area (Å²) in [6.45, 7) is 0. The van der Waals surface area contributed by atoms with E-state index in [0.29, 0.717) is 0 Å². The fourth-order valence-corrected chi connectivity index (χ4v) is 17.6. The number of hydrogen-bond acceptors (Lipinski definition) is 0. The van der Waals surface area contributed by atoms with Crippen LogP contribution in [0.3, 0.4) is 0 Å². The van der Waals surface area contributed by atoms with Crippen LogP contribution in [0.15, 0.2) is 437 Å². The fraction of sp³-hybridized carbons (Fsp3) is 0. The minimum Gasteiger partial charge on any atom is -0.309 e. The van der Waals surface area contributed by atoms with Gasteiger partial charge in [-0.15, -0.1) is 0 Å². The molecule has 0 aliphatic carbocycles. The summed E-state index contributed by atoms with van der Waals surface area (Å²) in [7, 11) is 0. The maximum atomic E-state index is 2.46. The van der Waals surface area contributed by atoms with E-state index in [2.05, 4.69) is 455 Å². The van der Waals surface area contributed by atoms with Crippen LogP contribution >= 0.6 is 0 Å². The predicted octanol–water partition coefficient (Wildman–Crippen LogP) is 29.1. The monoisotopic (exact) mass is 1420 g/mol. The highest BCUT2D eigenvalue weighted by atomic mass is 15.0. The summed E-state index contributed by atoms with van der Waals surface area (Å²) in [4.78, 5) is 0. The Hall–Kier alpha value is -14.8. The van der Waals surface area contributed by atoms with Gasteiger partial charge in [-0.2, -0.15) is 0 Å². The first-order chi connectivity index (χ1) is 55.6. The summed E-state index contributed by atoms with van der Waals surface area (Å²) < 4.78 is 9.76. The molecule has 0 aliphatic heterocycles. The standard InChI is InChI=1S/2C54H36N2/c1-4-16-37(17-5-1)40-22-14-23-44(33-40)55-50-27-12-10-24-47(50)48-31-30-41(36-53(48)55)46-26-15-29-52-54(46)49-25-11-13-28-51(49)56(52)45-34-42(38-18-6-2-7-19-38)32-43(35-45)39-20-8-3-9-21-39;1-3-16-37(17-4-1)39-20-13-22-42(34-39)56-50-29-11-9-26-47(50)48-33-32-41(36-53(48)56)46-28-15-31-52-54(46)49-27-10-12-30-51(49)55(52)43-23-14-21-40(35-43)45-25-8-7-24-44(45)38-18-5-2-6-19-38/h2*1-36H. The zero-order valence-electron chi connectivity index (χ0n) is 61.4. The van der Waals surface area contributed by atoms with Gasteiger partial charge in [0, 0.05) is 65.8 Å². The molecule has 4 aromatic heterocycles. The average Bonchev–Trinajstić information content (AvgIpc) is 1.56. The quantitative estimate of drug-likeness (QED) is 0.116. The Morgan fingerprint density at radius 3 is 0.804 bits per heavy atom. The van der Waals surface area contributed by atoms with Crippen LogP contribution in [0.4, 0.5) is 0 Å². The van der Waals surface area contributed by atoms with Gasteiger partial charge in [-0.25, -0.2) is 0 Å². The maximum absolute atomic E-state index is 2.46. The second-order valence-electron chi connectivity index (χ2n) is 29.1. The van der Waals surface area contributed by atoms with Crippen LogP contribution in [0.1, 0.15) is 0 Å². The molecular weight excluding hydrogens is 1350 g/mol. The van der Waals surface area contributed by atoms with Gasteiger partial charge in [-0.3, -0.25) is 0 Å². The van der Waals surface area contributed by atoms with E-state index in [9.17, 15) is 0 Å². The highest BCUT2D eigenvalue weighted by molar-refractivity contribution is 6.19. The molecular formula is C108H72N4. The number of aromatic nitrogens is 4. The maximum Gasteiger partial charge on any atom is 0.0547 e. The minimum atomic E-state index is 1.14. The summed E-state index contributed by atoms with van der Waals surface area (Å²) in [6, 6.07) is 159. The van der Waals surface area contributed by atoms with Crippen molar-refractivity contribution < 1.29 is 0 Å². The van der Waals surface area contributed by atoms with E-state index in [1.165, 1.54) is 176 Å². The molecule has 0 radical (unpaired) electrons. The van der Waals surface area contributed by atoms with Crippen molar-refractivity contribution in [3.8, 4) is 112 Å². The summed E-state index contributed by atoms with van der Waals surface area (Å²) in [5.41, 5.74) is 33.4. The normalized spacial score (nSPS) is 11.6. The van der Waals surface area contributed by atoms with E-state index < -0.39 is 0 Å². The molecule has 22 aromatic rings. The van der Waals surface area contributed by atoms with Crippen molar-refractivity contribution in [3.05, 3.63) is 437 Å². The topological polar surface area (TPSA) is 19.7 Å². The van der Waals surface area contributed by atoms with Crippen molar-refractivity contribution in [2.75, 3.05) is 0 Å². The van der Waals surface area contributed by atoms with Gasteiger partial charge >= 0.3 is 0 Å². The van der Waals surface area contributed by atoms with Gasteiger partial charge in [0.05, 0.1) is 44.1 Å². The number of nitrogens with zero attached hydrogens (tertiary/aromatic N) is 4. The number of fused-ring (bicyclic) bond motifs is 12. The molecule has 0 aliphatic rings. The summed E-state index contributed by atoms with van der Waals surface area (Å²) >= 11 is 0. The largest absolute Gasteiger partial charge is 0.309 e. The van der Waals surface area contributed by atoms with Gasteiger partial charge in [-0.05, 0) is 192 Å². The minimum absolute atomic E-state index is 1.14. The first kappa shape index (κ1) is 65.5. The smallest absolute Gasteiger partial charge is 0.0547 e. The lowest BCUT2D eigenvalue weighted by atomic mass is 9.94. The van der Waals surface area contributed by atoms with Gasteiger partial charge in [0.25, 0.3) is 0 Å². The van der Waals surface area contributed by atoms with Crippen LogP contribution < -0.4 is 0 Å². The lowest BCUT2D eigenvalue weighted by Crippen LogP contribution is -1.96. The molecule has 4 heteroatoms.